The summed E-state index contributed by atoms with van der Waals surface area (Å²) < 4.78 is 0. The van der Waals surface area contributed by atoms with Crippen molar-refractivity contribution < 1.29 is 9.90 Å². The van der Waals surface area contributed by atoms with Crippen LogP contribution in [0.5, 0.6) is 0 Å². The van der Waals surface area contributed by atoms with Crippen molar-refractivity contribution in [1.29, 1.82) is 0 Å². The third-order valence-electron chi connectivity index (χ3n) is 2.68. The molecule has 18 heavy (non-hydrogen) atoms. The van der Waals surface area contributed by atoms with E-state index in [2.05, 4.69) is 9.97 Å². The highest BCUT2D eigenvalue weighted by atomic mass is 35.5. The van der Waals surface area contributed by atoms with Crippen LogP contribution in [0.3, 0.4) is 0 Å². The van der Waals surface area contributed by atoms with Gasteiger partial charge in [0.15, 0.2) is 0 Å². The van der Waals surface area contributed by atoms with Crippen LogP contribution in [-0.4, -0.2) is 21.0 Å². The Hall–Kier alpha value is -1.81. The molecule has 0 amide bonds. The number of hydrogen-bond acceptors (Lipinski definition) is 2. The summed E-state index contributed by atoms with van der Waals surface area (Å²) in [5.41, 5.74) is 2.71. The zero-order valence-electron chi connectivity index (χ0n) is 9.90. The summed E-state index contributed by atoms with van der Waals surface area (Å²) >= 11 is 6.10. The van der Waals surface area contributed by atoms with Crippen molar-refractivity contribution >= 4 is 17.6 Å². The number of benzene rings is 1. The summed E-state index contributed by atoms with van der Waals surface area (Å²) in [7, 11) is 0. The number of aromatic amines is 1. The molecule has 5 heteroatoms. The maximum absolute atomic E-state index is 10.5. The van der Waals surface area contributed by atoms with Crippen molar-refractivity contribution in [2.75, 3.05) is 0 Å². The molecule has 0 aliphatic rings. The number of aromatic nitrogens is 2. The van der Waals surface area contributed by atoms with Gasteiger partial charge in [-0.1, -0.05) is 35.9 Å². The first-order valence-corrected chi connectivity index (χ1v) is 5.98. The Balaban J connectivity index is 2.30. The molecule has 2 rings (SSSR count). The maximum atomic E-state index is 10.5. The molecule has 0 spiro atoms. The highest BCUT2D eigenvalue weighted by molar-refractivity contribution is 6.32. The van der Waals surface area contributed by atoms with Gasteiger partial charge in [0.05, 0.1) is 6.42 Å². The number of nitrogens with zero attached hydrogens (tertiary/aromatic N) is 1. The Bertz CT molecular complexity index is 578. The van der Waals surface area contributed by atoms with Crippen LogP contribution in [0.15, 0.2) is 24.3 Å². The van der Waals surface area contributed by atoms with Gasteiger partial charge < -0.3 is 10.1 Å². The molecule has 2 aromatic rings. The van der Waals surface area contributed by atoms with Crippen LogP contribution in [0.4, 0.5) is 0 Å². The van der Waals surface area contributed by atoms with Crippen molar-refractivity contribution in [3.63, 3.8) is 0 Å². The second-order valence-corrected chi connectivity index (χ2v) is 4.43. The highest BCUT2D eigenvalue weighted by Crippen LogP contribution is 2.28. The van der Waals surface area contributed by atoms with E-state index in [0.29, 0.717) is 23.1 Å². The SMILES string of the molecule is Cc1ccccc1-c1nc(CCC(=O)O)[nH]c1Cl. The highest BCUT2D eigenvalue weighted by Gasteiger charge is 2.12. The van der Waals surface area contributed by atoms with E-state index in [1.807, 2.05) is 31.2 Å². The van der Waals surface area contributed by atoms with Gasteiger partial charge in [0, 0.05) is 12.0 Å². The lowest BCUT2D eigenvalue weighted by molar-refractivity contribution is -0.137. The smallest absolute Gasteiger partial charge is 0.303 e. The Morgan fingerprint density at radius 3 is 2.83 bits per heavy atom. The molecule has 0 radical (unpaired) electrons. The van der Waals surface area contributed by atoms with Crippen molar-refractivity contribution in [3.8, 4) is 11.3 Å². The minimum absolute atomic E-state index is 0.0387. The second kappa shape index (κ2) is 5.23. The molecule has 0 fully saturated rings. The number of nitrogens with one attached hydrogen (secondary N) is 1. The Morgan fingerprint density at radius 1 is 1.44 bits per heavy atom. The van der Waals surface area contributed by atoms with E-state index in [-0.39, 0.29) is 6.42 Å². The van der Waals surface area contributed by atoms with Gasteiger partial charge in [0.25, 0.3) is 0 Å². The van der Waals surface area contributed by atoms with E-state index in [1.54, 1.807) is 0 Å². The Labute approximate surface area is 110 Å². The maximum Gasteiger partial charge on any atom is 0.303 e. The predicted molar refractivity (Wildman–Crippen MR) is 69.7 cm³/mol. The number of carbonyl (C=O) groups is 1. The molecular weight excluding hydrogens is 252 g/mol. The molecule has 0 atom stereocenters. The monoisotopic (exact) mass is 264 g/mol. The lowest BCUT2D eigenvalue weighted by Gasteiger charge is -2.01. The van der Waals surface area contributed by atoms with E-state index in [1.165, 1.54) is 0 Å². The van der Waals surface area contributed by atoms with Crippen LogP contribution in [0.25, 0.3) is 11.3 Å². The number of aryl methyl sites for hydroxylation is 2. The van der Waals surface area contributed by atoms with Gasteiger partial charge in [-0.15, -0.1) is 0 Å². The third-order valence-corrected chi connectivity index (χ3v) is 2.96. The normalized spacial score (nSPS) is 10.6. The minimum Gasteiger partial charge on any atom is -0.481 e. The van der Waals surface area contributed by atoms with Crippen molar-refractivity contribution in [3.05, 3.63) is 40.8 Å². The summed E-state index contributed by atoms with van der Waals surface area (Å²) in [5.74, 6) is -0.249. The van der Waals surface area contributed by atoms with Crippen LogP contribution in [0.1, 0.15) is 17.8 Å². The molecule has 1 aromatic heterocycles. The summed E-state index contributed by atoms with van der Waals surface area (Å²) in [5, 5.41) is 9.09. The third kappa shape index (κ3) is 2.71. The summed E-state index contributed by atoms with van der Waals surface area (Å²) in [6, 6.07) is 7.80. The molecule has 0 bridgehead atoms. The fraction of sp³-hybridized carbons (Fsp3) is 0.231. The Morgan fingerprint density at radius 2 is 2.17 bits per heavy atom. The first-order chi connectivity index (χ1) is 8.58. The van der Waals surface area contributed by atoms with Gasteiger partial charge in [-0.2, -0.15) is 0 Å². The van der Waals surface area contributed by atoms with Crippen LogP contribution in [0.2, 0.25) is 5.15 Å². The average Bonchev–Trinajstić information content (AvgIpc) is 2.69. The summed E-state index contributed by atoms with van der Waals surface area (Å²) in [6.07, 6.45) is 0.387. The second-order valence-electron chi connectivity index (χ2n) is 4.05. The van der Waals surface area contributed by atoms with E-state index in [4.69, 9.17) is 16.7 Å². The largest absolute Gasteiger partial charge is 0.481 e. The van der Waals surface area contributed by atoms with E-state index in [9.17, 15) is 4.79 Å². The predicted octanol–water partition coefficient (Wildman–Crippen LogP) is 3.06. The minimum atomic E-state index is -0.847. The van der Waals surface area contributed by atoms with Crippen LogP contribution >= 0.6 is 11.6 Å². The van der Waals surface area contributed by atoms with Gasteiger partial charge in [-0.3, -0.25) is 4.79 Å². The van der Waals surface area contributed by atoms with Gasteiger partial charge >= 0.3 is 5.97 Å². The molecular formula is C13H13ClN2O2. The Kier molecular flexibility index (Phi) is 3.67. The molecule has 0 saturated carbocycles. The number of hydrogen-bond donors (Lipinski definition) is 2. The van der Waals surface area contributed by atoms with Crippen LogP contribution in [-0.2, 0) is 11.2 Å². The number of imidazole rings is 1. The van der Waals surface area contributed by atoms with E-state index in [0.717, 1.165) is 11.1 Å². The van der Waals surface area contributed by atoms with Crippen LogP contribution < -0.4 is 0 Å². The van der Waals surface area contributed by atoms with Gasteiger partial charge in [-0.25, -0.2) is 4.98 Å². The van der Waals surface area contributed by atoms with E-state index >= 15 is 0 Å². The average molecular weight is 265 g/mol. The molecule has 4 nitrogen and oxygen atoms in total. The molecule has 0 unspecified atom stereocenters. The van der Waals surface area contributed by atoms with Crippen molar-refractivity contribution in [2.45, 2.75) is 19.8 Å². The summed E-state index contributed by atoms with van der Waals surface area (Å²) in [6.45, 7) is 1.98. The standard InChI is InChI=1S/C13H13ClN2O2/c1-8-4-2-3-5-9(8)12-13(14)16-10(15-12)6-7-11(17)18/h2-5H,6-7H2,1H3,(H,15,16)(H,17,18). The fourth-order valence-corrected chi connectivity index (χ4v) is 2.01. The topological polar surface area (TPSA) is 66.0 Å². The molecule has 1 heterocycles. The van der Waals surface area contributed by atoms with Crippen molar-refractivity contribution in [2.24, 2.45) is 0 Å². The zero-order chi connectivity index (χ0) is 13.1. The number of H-pyrrole nitrogens is 1. The number of rotatable bonds is 4. The lowest BCUT2D eigenvalue weighted by Crippen LogP contribution is -1.98. The van der Waals surface area contributed by atoms with Crippen LogP contribution in [0, 0.1) is 6.92 Å². The molecule has 0 aliphatic heterocycles. The molecule has 0 aliphatic carbocycles. The summed E-state index contributed by atoms with van der Waals surface area (Å²) in [4.78, 5) is 17.8. The first kappa shape index (κ1) is 12.6. The molecule has 2 N–H and O–H groups in total. The number of aliphatic carboxylic acids is 1. The lowest BCUT2D eigenvalue weighted by atomic mass is 10.1. The number of carboxylic acids is 1. The molecule has 0 saturated heterocycles. The van der Waals surface area contributed by atoms with Gasteiger partial charge in [0.2, 0.25) is 0 Å². The first-order valence-electron chi connectivity index (χ1n) is 5.60. The molecule has 1 aromatic carbocycles. The number of halogens is 1. The van der Waals surface area contributed by atoms with Crippen molar-refractivity contribution in [1.82, 2.24) is 9.97 Å². The zero-order valence-corrected chi connectivity index (χ0v) is 10.7. The fourth-order valence-electron chi connectivity index (χ4n) is 1.76. The number of carboxylic acid groups (broad SMARTS) is 1. The van der Waals surface area contributed by atoms with E-state index < -0.39 is 5.97 Å². The quantitative estimate of drug-likeness (QED) is 0.892. The molecule has 94 valence electrons. The van der Waals surface area contributed by atoms with Gasteiger partial charge in [0.1, 0.15) is 16.7 Å². The van der Waals surface area contributed by atoms with Gasteiger partial charge in [-0.05, 0) is 12.5 Å².